The number of hydrogen-bond donors (Lipinski definition) is 1. The molecule has 0 spiro atoms. The zero-order valence-corrected chi connectivity index (χ0v) is 12.0. The van der Waals surface area contributed by atoms with Crippen molar-refractivity contribution in [1.82, 2.24) is 10.2 Å². The quantitative estimate of drug-likeness (QED) is 0.617. The molecule has 1 aliphatic carbocycles. The van der Waals surface area contributed by atoms with Gasteiger partial charge in [0.1, 0.15) is 6.61 Å². The number of amides is 1. The summed E-state index contributed by atoms with van der Waals surface area (Å²) >= 11 is 0. The summed E-state index contributed by atoms with van der Waals surface area (Å²) in [6, 6.07) is -0.595. The van der Waals surface area contributed by atoms with E-state index < -0.39 is 42.1 Å². The van der Waals surface area contributed by atoms with Crippen LogP contribution in [0.5, 0.6) is 0 Å². The second-order valence-corrected chi connectivity index (χ2v) is 5.97. The molecule has 2 saturated heterocycles. The van der Waals surface area contributed by atoms with Crippen molar-refractivity contribution in [2.45, 2.75) is 30.4 Å². The van der Waals surface area contributed by atoms with Crippen molar-refractivity contribution in [3.63, 3.8) is 0 Å². The Morgan fingerprint density at radius 3 is 2.73 bits per heavy atom. The van der Waals surface area contributed by atoms with Crippen LogP contribution in [-0.2, 0) is 14.3 Å². The van der Waals surface area contributed by atoms with Gasteiger partial charge in [0.15, 0.2) is 0 Å². The summed E-state index contributed by atoms with van der Waals surface area (Å²) in [7, 11) is 0. The van der Waals surface area contributed by atoms with E-state index in [0.717, 1.165) is 4.90 Å². The van der Waals surface area contributed by atoms with Gasteiger partial charge in [0.05, 0.1) is 18.5 Å². The topological polar surface area (TPSA) is 67.9 Å². The van der Waals surface area contributed by atoms with Gasteiger partial charge in [0, 0.05) is 25.9 Å². The van der Waals surface area contributed by atoms with Gasteiger partial charge < -0.3 is 14.8 Å². The highest BCUT2D eigenvalue weighted by Gasteiger charge is 2.61. The summed E-state index contributed by atoms with van der Waals surface area (Å²) in [6.45, 7) is 3.27. The molecule has 0 aromatic rings. The fourth-order valence-corrected chi connectivity index (χ4v) is 3.04. The van der Waals surface area contributed by atoms with Crippen LogP contribution in [0.2, 0.25) is 0 Å². The summed E-state index contributed by atoms with van der Waals surface area (Å²) < 4.78 is 37.9. The summed E-state index contributed by atoms with van der Waals surface area (Å²) in [5.74, 6) is -4.48. The molecule has 2 heterocycles. The van der Waals surface area contributed by atoms with Crippen LogP contribution >= 0.6 is 0 Å². The highest BCUT2D eigenvalue weighted by Crippen LogP contribution is 2.44. The van der Waals surface area contributed by atoms with Gasteiger partial charge in [0.25, 0.3) is 5.92 Å². The van der Waals surface area contributed by atoms with Crippen LogP contribution in [0.15, 0.2) is 12.7 Å². The Morgan fingerprint density at radius 2 is 2.09 bits per heavy atom. The van der Waals surface area contributed by atoms with Crippen molar-refractivity contribution in [2.75, 3.05) is 26.2 Å². The summed E-state index contributed by atoms with van der Waals surface area (Å²) in [6.07, 6.45) is 1.24. The zero-order valence-electron chi connectivity index (χ0n) is 12.0. The maximum Gasteiger partial charge on any atom is 0.411 e. The molecule has 0 bridgehead atoms. The number of likely N-dealkylation sites (tertiary alicyclic amines) is 1. The maximum absolute atomic E-state index is 13.9. The van der Waals surface area contributed by atoms with Gasteiger partial charge in [-0.15, -0.1) is 0 Å². The van der Waals surface area contributed by atoms with Gasteiger partial charge in [-0.1, -0.05) is 12.7 Å². The molecule has 1 amide bonds. The first kappa shape index (κ1) is 15.2. The van der Waals surface area contributed by atoms with Crippen LogP contribution < -0.4 is 5.32 Å². The van der Waals surface area contributed by atoms with Gasteiger partial charge in [-0.25, -0.2) is 18.4 Å². The fraction of sp³-hybridized carbons (Fsp3) is 0.714. The number of hydrogen-bond acceptors (Lipinski definition) is 5. The number of carbonyl (C=O) groups excluding carboxylic acids is 2. The van der Waals surface area contributed by atoms with Crippen LogP contribution in [0.1, 0.15) is 12.8 Å². The minimum Gasteiger partial charge on any atom is -0.459 e. The number of halogens is 2. The molecular weight excluding hydrogens is 298 g/mol. The van der Waals surface area contributed by atoms with Crippen molar-refractivity contribution in [3.8, 4) is 0 Å². The predicted molar refractivity (Wildman–Crippen MR) is 71.4 cm³/mol. The molecule has 3 fully saturated rings. The first-order valence-corrected chi connectivity index (χ1v) is 7.26. The molecule has 22 heavy (non-hydrogen) atoms. The van der Waals surface area contributed by atoms with E-state index in [2.05, 4.69) is 11.9 Å². The predicted octanol–water partition coefficient (Wildman–Crippen LogP) is 0.924. The normalized spacial score (nSPS) is 30.5. The Morgan fingerprint density at radius 1 is 1.36 bits per heavy atom. The zero-order chi connectivity index (χ0) is 16.0. The number of esters is 1. The highest BCUT2D eigenvalue weighted by atomic mass is 19.3. The third-order valence-corrected chi connectivity index (χ3v) is 4.43. The Balaban J connectivity index is 1.65. The van der Waals surface area contributed by atoms with E-state index in [1.54, 1.807) is 0 Å². The number of fused-ring (bicyclic) bond motifs is 1. The summed E-state index contributed by atoms with van der Waals surface area (Å²) in [5, 5.41) is 2.86. The van der Waals surface area contributed by atoms with E-state index in [1.807, 2.05) is 0 Å². The minimum atomic E-state index is -2.94. The van der Waals surface area contributed by atoms with E-state index in [0.29, 0.717) is 19.4 Å². The number of carbonyl (C=O) groups is 2. The van der Waals surface area contributed by atoms with Crippen molar-refractivity contribution < 1.29 is 27.8 Å². The molecule has 2 aliphatic heterocycles. The van der Waals surface area contributed by atoms with Gasteiger partial charge in [-0.2, -0.15) is 0 Å². The van der Waals surface area contributed by atoms with Crippen LogP contribution in [0.25, 0.3) is 0 Å². The summed E-state index contributed by atoms with van der Waals surface area (Å²) in [4.78, 5) is 25.1. The highest BCUT2D eigenvalue weighted by molar-refractivity contribution is 5.86. The molecule has 3 aliphatic rings. The first-order valence-electron chi connectivity index (χ1n) is 7.26. The molecule has 2 atom stereocenters. The van der Waals surface area contributed by atoms with Crippen molar-refractivity contribution in [3.05, 3.63) is 12.7 Å². The smallest absolute Gasteiger partial charge is 0.411 e. The van der Waals surface area contributed by atoms with Crippen LogP contribution in [0.4, 0.5) is 13.6 Å². The van der Waals surface area contributed by atoms with Crippen LogP contribution in [0, 0.1) is 5.92 Å². The number of rotatable bonds is 4. The summed E-state index contributed by atoms with van der Waals surface area (Å²) in [5.41, 5.74) is -1.31. The lowest BCUT2D eigenvalue weighted by molar-refractivity contribution is -0.155. The van der Waals surface area contributed by atoms with Gasteiger partial charge >= 0.3 is 12.1 Å². The maximum atomic E-state index is 13.9. The molecule has 2 unspecified atom stereocenters. The molecule has 1 saturated carbocycles. The lowest BCUT2D eigenvalue weighted by Crippen LogP contribution is -2.43. The monoisotopic (exact) mass is 316 g/mol. The number of nitrogens with zero attached hydrogens (tertiary/aromatic N) is 1. The van der Waals surface area contributed by atoms with E-state index in [1.165, 1.54) is 6.08 Å². The Hall–Kier alpha value is -1.70. The van der Waals surface area contributed by atoms with Crippen LogP contribution in [0.3, 0.4) is 0 Å². The Kier molecular flexibility index (Phi) is 3.58. The molecule has 0 radical (unpaired) electrons. The fourth-order valence-electron chi connectivity index (χ4n) is 3.04. The van der Waals surface area contributed by atoms with Crippen molar-refractivity contribution in [1.29, 1.82) is 0 Å². The third kappa shape index (κ3) is 2.45. The van der Waals surface area contributed by atoms with E-state index in [-0.39, 0.29) is 13.2 Å². The minimum absolute atomic E-state index is 0.0224. The molecule has 6 nitrogen and oxygen atoms in total. The van der Waals surface area contributed by atoms with E-state index >= 15 is 0 Å². The molecule has 1 N–H and O–H groups in total. The Labute approximate surface area is 126 Å². The molecule has 3 rings (SSSR count). The number of nitrogens with one attached hydrogen (secondary N) is 1. The van der Waals surface area contributed by atoms with Crippen molar-refractivity contribution in [2.24, 2.45) is 5.92 Å². The molecule has 8 heteroatoms. The number of ether oxygens (including phenoxy) is 2. The molecule has 0 aromatic heterocycles. The van der Waals surface area contributed by atoms with Crippen molar-refractivity contribution >= 4 is 12.1 Å². The molecule has 122 valence electrons. The number of alkyl halides is 2. The lowest BCUT2D eigenvalue weighted by Gasteiger charge is -2.24. The lowest BCUT2D eigenvalue weighted by atomic mass is 10.0. The van der Waals surface area contributed by atoms with Crippen LogP contribution in [-0.4, -0.2) is 60.8 Å². The average molecular weight is 316 g/mol. The van der Waals surface area contributed by atoms with E-state index in [9.17, 15) is 18.4 Å². The van der Waals surface area contributed by atoms with E-state index in [4.69, 9.17) is 9.47 Å². The second kappa shape index (κ2) is 5.19. The van der Waals surface area contributed by atoms with Gasteiger partial charge in [-0.3, -0.25) is 4.90 Å². The standard InChI is InChI=1S/C14H18F2N2O4/c1-2-5-21-11(19)13(3-4-13)22-12(20)18-8-14(15,16)9-6-17-7-10(9)18/h2,9-10,17H,1,3-8H2. The largest absolute Gasteiger partial charge is 0.459 e. The SMILES string of the molecule is C=CCOC(=O)C1(OC(=O)N2CC(F)(F)C3CNCC32)CC1. The molecule has 0 aromatic carbocycles. The first-order chi connectivity index (χ1) is 10.4. The second-order valence-electron chi connectivity index (χ2n) is 5.97. The van der Waals surface area contributed by atoms with Gasteiger partial charge in [0.2, 0.25) is 5.60 Å². The average Bonchev–Trinajstić information content (AvgIpc) is 2.97. The third-order valence-electron chi connectivity index (χ3n) is 4.43. The Bertz CT molecular complexity index is 507. The van der Waals surface area contributed by atoms with Gasteiger partial charge in [-0.05, 0) is 0 Å². The molecular formula is C14H18F2N2O4.